The second-order valence-electron chi connectivity index (χ2n) is 4.65. The summed E-state index contributed by atoms with van der Waals surface area (Å²) in [5.74, 6) is 0. The van der Waals surface area contributed by atoms with E-state index in [1.165, 1.54) is 5.56 Å². The van der Waals surface area contributed by atoms with Gasteiger partial charge in [0.25, 0.3) is 0 Å². The lowest BCUT2D eigenvalue weighted by molar-refractivity contribution is 0.199. The van der Waals surface area contributed by atoms with Gasteiger partial charge in [-0.15, -0.1) is 0 Å². The first kappa shape index (κ1) is 18.4. The lowest BCUT2D eigenvalue weighted by Crippen LogP contribution is -2.30. The molecule has 1 aromatic carbocycles. The molecule has 0 spiro atoms. The molecule has 120 valence electrons. The van der Waals surface area contributed by atoms with Crippen molar-refractivity contribution in [3.8, 4) is 0 Å². The van der Waals surface area contributed by atoms with E-state index in [4.69, 9.17) is 9.47 Å². The highest BCUT2D eigenvalue weighted by Crippen LogP contribution is 2.24. The highest BCUT2D eigenvalue weighted by Gasteiger charge is 2.08. The summed E-state index contributed by atoms with van der Waals surface area (Å²) in [7, 11) is 3.38. The smallest absolute Gasteiger partial charge is 0.0637 e. The Balaban J connectivity index is 2.65. The molecule has 5 nitrogen and oxygen atoms in total. The Morgan fingerprint density at radius 3 is 2.57 bits per heavy atom. The van der Waals surface area contributed by atoms with Gasteiger partial charge in [0, 0.05) is 50.6 Å². The summed E-state index contributed by atoms with van der Waals surface area (Å²) in [6.45, 7) is 4.45. The minimum Gasteiger partial charge on any atom is -0.395 e. The number of halogens is 1. The molecular weight excluding hydrogens is 336 g/mol. The van der Waals surface area contributed by atoms with Gasteiger partial charge in [0.2, 0.25) is 0 Å². The number of methoxy groups -OCH3 is 2. The maximum Gasteiger partial charge on any atom is 0.0637 e. The van der Waals surface area contributed by atoms with E-state index in [9.17, 15) is 5.11 Å². The van der Waals surface area contributed by atoms with Gasteiger partial charge in [-0.05, 0) is 17.7 Å². The molecule has 6 heteroatoms. The van der Waals surface area contributed by atoms with Gasteiger partial charge in [0.05, 0.1) is 19.8 Å². The zero-order valence-corrected chi connectivity index (χ0v) is 14.4. The molecule has 1 rings (SSSR count). The molecule has 0 fully saturated rings. The number of rotatable bonds is 11. The summed E-state index contributed by atoms with van der Waals surface area (Å²) in [5.41, 5.74) is 2.28. The van der Waals surface area contributed by atoms with E-state index in [1.54, 1.807) is 14.2 Å². The molecule has 2 N–H and O–H groups in total. The van der Waals surface area contributed by atoms with Crippen LogP contribution in [0.5, 0.6) is 0 Å². The molecule has 0 saturated carbocycles. The van der Waals surface area contributed by atoms with Crippen molar-refractivity contribution in [1.29, 1.82) is 0 Å². The highest BCUT2D eigenvalue weighted by molar-refractivity contribution is 9.10. The van der Waals surface area contributed by atoms with Crippen LogP contribution in [0, 0.1) is 0 Å². The second kappa shape index (κ2) is 11.0. The zero-order chi connectivity index (χ0) is 15.5. The molecule has 1 aromatic rings. The van der Waals surface area contributed by atoms with Crippen LogP contribution in [0.15, 0.2) is 22.7 Å². The topological polar surface area (TPSA) is 54.0 Å². The largest absolute Gasteiger partial charge is 0.395 e. The molecule has 0 aliphatic carbocycles. The van der Waals surface area contributed by atoms with Crippen LogP contribution in [-0.4, -0.2) is 58.8 Å². The standard InChI is InChI=1S/C15H25BrN2O3/c1-20-9-5-17-12-13-3-4-14(11-15(13)16)18(6-8-19)7-10-21-2/h3-4,11,17,19H,5-10,12H2,1-2H3. The summed E-state index contributed by atoms with van der Waals surface area (Å²) in [6.07, 6.45) is 0. The molecule has 0 aliphatic rings. The first-order valence-corrected chi connectivity index (χ1v) is 7.85. The van der Waals surface area contributed by atoms with Gasteiger partial charge in [-0.25, -0.2) is 0 Å². The molecule has 21 heavy (non-hydrogen) atoms. The molecule has 0 heterocycles. The van der Waals surface area contributed by atoms with Crippen LogP contribution >= 0.6 is 15.9 Å². The molecule has 0 amide bonds. The van der Waals surface area contributed by atoms with Crippen molar-refractivity contribution < 1.29 is 14.6 Å². The number of ether oxygens (including phenoxy) is 2. The SMILES string of the molecule is COCCNCc1ccc(N(CCO)CCOC)cc1Br. The fraction of sp³-hybridized carbons (Fsp3) is 0.600. The maximum absolute atomic E-state index is 9.17. The van der Waals surface area contributed by atoms with Crippen molar-refractivity contribution in [2.45, 2.75) is 6.54 Å². The normalized spacial score (nSPS) is 10.9. The fourth-order valence-electron chi connectivity index (χ4n) is 1.97. The highest BCUT2D eigenvalue weighted by atomic mass is 79.9. The van der Waals surface area contributed by atoms with Crippen LogP contribution in [0.25, 0.3) is 0 Å². The van der Waals surface area contributed by atoms with Crippen molar-refractivity contribution in [1.82, 2.24) is 5.32 Å². The van der Waals surface area contributed by atoms with Crippen LogP contribution in [-0.2, 0) is 16.0 Å². The zero-order valence-electron chi connectivity index (χ0n) is 12.8. The predicted octanol–water partition coefficient (Wildman–Crippen LogP) is 1.63. The third kappa shape index (κ3) is 6.76. The Kier molecular flexibility index (Phi) is 9.62. The monoisotopic (exact) mass is 360 g/mol. The number of aliphatic hydroxyl groups excluding tert-OH is 1. The van der Waals surface area contributed by atoms with Crippen LogP contribution in [0.2, 0.25) is 0 Å². The maximum atomic E-state index is 9.17. The Bertz CT molecular complexity index is 405. The van der Waals surface area contributed by atoms with Gasteiger partial charge >= 0.3 is 0 Å². The van der Waals surface area contributed by atoms with Gasteiger partial charge in [-0.2, -0.15) is 0 Å². The van der Waals surface area contributed by atoms with Gasteiger partial charge < -0.3 is 24.8 Å². The predicted molar refractivity (Wildman–Crippen MR) is 88.9 cm³/mol. The van der Waals surface area contributed by atoms with Gasteiger partial charge in [-0.1, -0.05) is 22.0 Å². The molecular formula is C15H25BrN2O3. The van der Waals surface area contributed by atoms with E-state index in [1.807, 2.05) is 0 Å². The van der Waals surface area contributed by atoms with Crippen LogP contribution in [0.1, 0.15) is 5.56 Å². The van der Waals surface area contributed by atoms with E-state index in [0.29, 0.717) is 19.8 Å². The summed E-state index contributed by atoms with van der Waals surface area (Å²) in [5, 5.41) is 12.5. The fourth-order valence-corrected chi connectivity index (χ4v) is 2.47. The Morgan fingerprint density at radius 1 is 1.19 bits per heavy atom. The number of anilines is 1. The second-order valence-corrected chi connectivity index (χ2v) is 5.50. The number of benzene rings is 1. The molecule has 0 atom stereocenters. The van der Waals surface area contributed by atoms with Crippen molar-refractivity contribution >= 4 is 21.6 Å². The van der Waals surface area contributed by atoms with E-state index in [0.717, 1.165) is 29.8 Å². The molecule has 0 saturated heterocycles. The average Bonchev–Trinajstić information content (AvgIpc) is 2.49. The van der Waals surface area contributed by atoms with E-state index in [2.05, 4.69) is 44.3 Å². The summed E-state index contributed by atoms with van der Waals surface area (Å²) in [4.78, 5) is 2.11. The first-order chi connectivity index (χ1) is 10.2. The van der Waals surface area contributed by atoms with E-state index in [-0.39, 0.29) is 6.61 Å². The molecule has 0 aromatic heterocycles. The summed E-state index contributed by atoms with van der Waals surface area (Å²) in [6, 6.07) is 6.25. The average molecular weight is 361 g/mol. The van der Waals surface area contributed by atoms with Crippen molar-refractivity contribution in [3.63, 3.8) is 0 Å². The van der Waals surface area contributed by atoms with Crippen LogP contribution in [0.4, 0.5) is 5.69 Å². The summed E-state index contributed by atoms with van der Waals surface area (Å²) >= 11 is 3.61. The first-order valence-electron chi connectivity index (χ1n) is 7.05. The van der Waals surface area contributed by atoms with Gasteiger partial charge in [0.1, 0.15) is 0 Å². The number of hydrogen-bond donors (Lipinski definition) is 2. The van der Waals surface area contributed by atoms with Crippen molar-refractivity contribution in [3.05, 3.63) is 28.2 Å². The number of nitrogens with zero attached hydrogens (tertiary/aromatic N) is 1. The van der Waals surface area contributed by atoms with Gasteiger partial charge in [0.15, 0.2) is 0 Å². The quantitative estimate of drug-likeness (QED) is 0.587. The minimum atomic E-state index is 0.127. The van der Waals surface area contributed by atoms with E-state index >= 15 is 0 Å². The summed E-state index contributed by atoms with van der Waals surface area (Å²) < 4.78 is 11.2. The number of hydrogen-bond acceptors (Lipinski definition) is 5. The molecule has 0 bridgehead atoms. The van der Waals surface area contributed by atoms with Crippen LogP contribution in [0.3, 0.4) is 0 Å². The van der Waals surface area contributed by atoms with Gasteiger partial charge in [-0.3, -0.25) is 0 Å². The van der Waals surface area contributed by atoms with Crippen molar-refractivity contribution in [2.75, 3.05) is 58.6 Å². The third-order valence-electron chi connectivity index (χ3n) is 3.14. The number of nitrogens with one attached hydrogen (secondary N) is 1. The Labute approximate surface area is 135 Å². The molecule has 0 unspecified atom stereocenters. The minimum absolute atomic E-state index is 0.127. The molecule has 0 radical (unpaired) electrons. The Hall–Kier alpha value is -0.660. The molecule has 0 aliphatic heterocycles. The van der Waals surface area contributed by atoms with Crippen molar-refractivity contribution in [2.24, 2.45) is 0 Å². The van der Waals surface area contributed by atoms with E-state index < -0.39 is 0 Å². The number of aliphatic hydroxyl groups is 1. The third-order valence-corrected chi connectivity index (χ3v) is 3.87. The lowest BCUT2D eigenvalue weighted by Gasteiger charge is -2.24. The van der Waals surface area contributed by atoms with Crippen LogP contribution < -0.4 is 10.2 Å². The Morgan fingerprint density at radius 2 is 1.95 bits per heavy atom. The lowest BCUT2D eigenvalue weighted by atomic mass is 10.2.